The molecule has 0 aliphatic carbocycles. The van der Waals surface area contributed by atoms with Crippen molar-refractivity contribution in [3.05, 3.63) is 0 Å². The van der Waals surface area contributed by atoms with Crippen molar-refractivity contribution in [3.63, 3.8) is 0 Å². The number of primary amides is 1. The van der Waals surface area contributed by atoms with Gasteiger partial charge in [-0.15, -0.1) is 0 Å². The third kappa shape index (κ3) is 7.57. The zero-order valence-electron chi connectivity index (χ0n) is 12.0. The maximum atomic E-state index is 11.7. The van der Waals surface area contributed by atoms with Crippen molar-refractivity contribution in [2.45, 2.75) is 39.3 Å². The van der Waals surface area contributed by atoms with Crippen molar-refractivity contribution in [2.75, 3.05) is 13.2 Å². The summed E-state index contributed by atoms with van der Waals surface area (Å²) in [6.07, 6.45) is -0.458. The van der Waals surface area contributed by atoms with Crippen molar-refractivity contribution < 1.29 is 24.2 Å². The summed E-state index contributed by atoms with van der Waals surface area (Å²) in [4.78, 5) is 33.3. The number of ether oxygens (including phenoxy) is 1. The minimum atomic E-state index is -1.34. The fourth-order valence-electron chi connectivity index (χ4n) is 1.42. The lowest BCUT2D eigenvalue weighted by atomic mass is 10.1. The molecule has 20 heavy (non-hydrogen) atoms. The van der Waals surface area contributed by atoms with Crippen LogP contribution in [0, 0.1) is 5.92 Å². The van der Waals surface area contributed by atoms with Crippen molar-refractivity contribution in [3.8, 4) is 0 Å². The van der Waals surface area contributed by atoms with Gasteiger partial charge in [0.2, 0.25) is 5.91 Å². The number of hydrogen-bond donors (Lipinski definition) is 4. The van der Waals surface area contributed by atoms with Gasteiger partial charge in [-0.05, 0) is 12.8 Å². The first-order valence-electron chi connectivity index (χ1n) is 6.43. The Bertz CT molecular complexity index is 346. The van der Waals surface area contributed by atoms with Gasteiger partial charge in [0.25, 0.3) is 0 Å². The van der Waals surface area contributed by atoms with Crippen LogP contribution in [0.15, 0.2) is 0 Å². The van der Waals surface area contributed by atoms with Crippen LogP contribution in [0.25, 0.3) is 0 Å². The summed E-state index contributed by atoms with van der Waals surface area (Å²) in [6.45, 7) is 6.50. The molecule has 0 rings (SSSR count). The highest BCUT2D eigenvalue weighted by Crippen LogP contribution is 2.02. The molecule has 0 aliphatic rings. The van der Waals surface area contributed by atoms with Gasteiger partial charge in [0, 0.05) is 6.61 Å². The summed E-state index contributed by atoms with van der Waals surface area (Å²) >= 11 is 0. The maximum absolute atomic E-state index is 11.7. The largest absolute Gasteiger partial charge is 0.480 e. The molecule has 8 heteroatoms. The van der Waals surface area contributed by atoms with Crippen LogP contribution < -0.4 is 16.4 Å². The second-order valence-electron chi connectivity index (χ2n) is 4.69. The molecular weight excluding hydrogens is 266 g/mol. The van der Waals surface area contributed by atoms with E-state index in [2.05, 4.69) is 10.6 Å². The Balaban J connectivity index is 4.47. The number of carbonyl (C=O) groups excluding carboxylic acids is 2. The SMILES string of the molecule is CCOCC(NC(=O)NC(CC(N)=O)C(=O)O)C(C)C. The Hall–Kier alpha value is -1.83. The Morgan fingerprint density at radius 3 is 2.25 bits per heavy atom. The van der Waals surface area contributed by atoms with E-state index in [9.17, 15) is 14.4 Å². The average molecular weight is 289 g/mol. The standard InChI is InChI=1S/C12H23N3O5/c1-4-20-6-9(7(2)3)15-12(19)14-8(11(17)18)5-10(13)16/h7-9H,4-6H2,1-3H3,(H2,13,16)(H,17,18)(H2,14,15,19). The van der Waals surface area contributed by atoms with Crippen molar-refractivity contribution in [2.24, 2.45) is 11.7 Å². The Morgan fingerprint density at radius 1 is 1.25 bits per heavy atom. The quantitative estimate of drug-likeness (QED) is 0.462. The summed E-state index contributed by atoms with van der Waals surface area (Å²) in [7, 11) is 0. The predicted molar refractivity (Wildman–Crippen MR) is 72.0 cm³/mol. The molecule has 116 valence electrons. The molecule has 0 saturated heterocycles. The summed E-state index contributed by atoms with van der Waals surface area (Å²) in [5.41, 5.74) is 4.93. The lowest BCUT2D eigenvalue weighted by Gasteiger charge is -2.23. The molecule has 0 radical (unpaired) electrons. The number of hydrogen-bond acceptors (Lipinski definition) is 4. The lowest BCUT2D eigenvalue weighted by Crippen LogP contribution is -2.52. The van der Waals surface area contributed by atoms with E-state index in [1.165, 1.54) is 0 Å². The third-order valence-electron chi connectivity index (χ3n) is 2.63. The van der Waals surface area contributed by atoms with Crippen LogP contribution in [0.1, 0.15) is 27.2 Å². The van der Waals surface area contributed by atoms with Gasteiger partial charge >= 0.3 is 12.0 Å². The van der Waals surface area contributed by atoms with Crippen LogP contribution in [0.4, 0.5) is 4.79 Å². The monoisotopic (exact) mass is 289 g/mol. The Kier molecular flexibility index (Phi) is 8.30. The van der Waals surface area contributed by atoms with Gasteiger partial charge in [-0.25, -0.2) is 9.59 Å². The summed E-state index contributed by atoms with van der Waals surface area (Å²) in [6, 6.07) is -2.26. The number of carboxylic acid groups (broad SMARTS) is 1. The van der Waals surface area contributed by atoms with Crippen molar-refractivity contribution >= 4 is 17.9 Å². The van der Waals surface area contributed by atoms with Crippen LogP contribution in [0.3, 0.4) is 0 Å². The van der Waals surface area contributed by atoms with Gasteiger partial charge in [0.15, 0.2) is 0 Å². The summed E-state index contributed by atoms with van der Waals surface area (Å²) in [5, 5.41) is 13.7. The van der Waals surface area contributed by atoms with E-state index in [1.807, 2.05) is 20.8 Å². The van der Waals surface area contributed by atoms with Gasteiger partial charge in [-0.1, -0.05) is 13.8 Å². The van der Waals surface area contributed by atoms with Crippen LogP contribution >= 0.6 is 0 Å². The molecule has 0 fully saturated rings. The first-order chi connectivity index (χ1) is 9.27. The van der Waals surface area contributed by atoms with E-state index >= 15 is 0 Å². The highest BCUT2D eigenvalue weighted by Gasteiger charge is 2.24. The minimum absolute atomic E-state index is 0.117. The van der Waals surface area contributed by atoms with E-state index in [-0.39, 0.29) is 12.0 Å². The molecule has 0 aromatic rings. The van der Waals surface area contributed by atoms with E-state index in [0.717, 1.165) is 0 Å². The van der Waals surface area contributed by atoms with E-state index in [0.29, 0.717) is 13.2 Å². The van der Waals surface area contributed by atoms with Crippen LogP contribution in [-0.4, -0.2) is 48.3 Å². The maximum Gasteiger partial charge on any atom is 0.326 e. The third-order valence-corrected chi connectivity index (χ3v) is 2.63. The molecule has 5 N–H and O–H groups in total. The molecule has 0 bridgehead atoms. The summed E-state index contributed by atoms with van der Waals surface area (Å²) in [5.74, 6) is -2.00. The topological polar surface area (TPSA) is 131 Å². The molecule has 0 aromatic carbocycles. The van der Waals surface area contributed by atoms with E-state index in [1.54, 1.807) is 0 Å². The smallest absolute Gasteiger partial charge is 0.326 e. The molecule has 2 unspecified atom stereocenters. The average Bonchev–Trinajstić information content (AvgIpc) is 2.32. The number of nitrogens with one attached hydrogen (secondary N) is 2. The second kappa shape index (κ2) is 9.13. The molecule has 0 aliphatic heterocycles. The lowest BCUT2D eigenvalue weighted by molar-refractivity contribution is -0.140. The minimum Gasteiger partial charge on any atom is -0.480 e. The zero-order valence-corrected chi connectivity index (χ0v) is 12.0. The predicted octanol–water partition coefficient (Wildman–Crippen LogP) is -0.325. The molecule has 2 atom stereocenters. The first-order valence-corrected chi connectivity index (χ1v) is 6.43. The molecule has 0 heterocycles. The summed E-state index contributed by atoms with van der Waals surface area (Å²) < 4.78 is 5.24. The van der Waals surface area contributed by atoms with Crippen LogP contribution in [0.2, 0.25) is 0 Å². The number of nitrogens with two attached hydrogens (primary N) is 1. The number of urea groups is 1. The highest BCUT2D eigenvalue weighted by molar-refractivity contribution is 5.87. The normalized spacial score (nSPS) is 13.6. The molecular formula is C12H23N3O5. The first kappa shape index (κ1) is 18.2. The number of carbonyl (C=O) groups is 3. The molecule has 0 saturated carbocycles. The number of carboxylic acids is 1. The molecule has 0 aromatic heterocycles. The number of rotatable bonds is 9. The van der Waals surface area contributed by atoms with Crippen molar-refractivity contribution in [1.82, 2.24) is 10.6 Å². The zero-order chi connectivity index (χ0) is 15.7. The van der Waals surface area contributed by atoms with Gasteiger partial charge in [0.1, 0.15) is 6.04 Å². The van der Waals surface area contributed by atoms with Crippen molar-refractivity contribution in [1.29, 1.82) is 0 Å². The Morgan fingerprint density at radius 2 is 1.85 bits per heavy atom. The van der Waals surface area contributed by atoms with Crippen LogP contribution in [0.5, 0.6) is 0 Å². The van der Waals surface area contributed by atoms with Gasteiger partial charge in [-0.2, -0.15) is 0 Å². The number of aliphatic carboxylic acids is 1. The Labute approximate surface area is 118 Å². The fourth-order valence-corrected chi connectivity index (χ4v) is 1.42. The highest BCUT2D eigenvalue weighted by atomic mass is 16.5. The van der Waals surface area contributed by atoms with Crippen LogP contribution in [-0.2, 0) is 14.3 Å². The van der Waals surface area contributed by atoms with Gasteiger partial charge in [0.05, 0.1) is 19.1 Å². The molecule has 3 amide bonds. The second-order valence-corrected chi connectivity index (χ2v) is 4.69. The molecule has 0 spiro atoms. The van der Waals surface area contributed by atoms with Gasteiger partial charge < -0.3 is 26.2 Å². The molecule has 8 nitrogen and oxygen atoms in total. The van der Waals surface area contributed by atoms with E-state index < -0.39 is 30.4 Å². The van der Waals surface area contributed by atoms with Gasteiger partial charge in [-0.3, -0.25) is 4.79 Å². The fraction of sp³-hybridized carbons (Fsp3) is 0.750. The number of amides is 3. The van der Waals surface area contributed by atoms with E-state index in [4.69, 9.17) is 15.6 Å².